The second-order valence-corrected chi connectivity index (χ2v) is 7.76. The summed E-state index contributed by atoms with van der Waals surface area (Å²) in [6.45, 7) is 3.74. The van der Waals surface area contributed by atoms with Crippen molar-refractivity contribution in [2.75, 3.05) is 16.6 Å². The molecule has 0 saturated heterocycles. The van der Waals surface area contributed by atoms with Crippen LogP contribution in [0.25, 0.3) is 11.3 Å². The van der Waals surface area contributed by atoms with E-state index in [0.717, 1.165) is 0 Å². The number of nitrogens with one attached hydrogen (secondary N) is 2. The van der Waals surface area contributed by atoms with Gasteiger partial charge in [-0.2, -0.15) is 0 Å². The zero-order valence-corrected chi connectivity index (χ0v) is 16.7. The van der Waals surface area contributed by atoms with Crippen LogP contribution in [-0.4, -0.2) is 31.1 Å². The minimum absolute atomic E-state index is 0.0814. The number of anilines is 2. The lowest BCUT2D eigenvalue weighted by Crippen LogP contribution is -2.13. The summed E-state index contributed by atoms with van der Waals surface area (Å²) in [7, 11) is -3.79. The van der Waals surface area contributed by atoms with Crippen molar-refractivity contribution in [3.05, 3.63) is 60.7 Å². The largest absolute Gasteiger partial charge is 0.477 e. The molecule has 0 spiro atoms. The molecule has 0 unspecified atom stereocenters. The Labute approximate surface area is 169 Å². The van der Waals surface area contributed by atoms with Crippen LogP contribution in [0.3, 0.4) is 0 Å². The number of amides is 1. The average molecular weight is 412 g/mol. The summed E-state index contributed by atoms with van der Waals surface area (Å²) in [5.41, 5.74) is 2.22. The lowest BCUT2D eigenvalue weighted by atomic mass is 10.1. The molecular formula is C20H20N4O4S. The fourth-order valence-corrected chi connectivity index (χ4v) is 3.63. The number of nitrogens with zero attached hydrogens (tertiary/aromatic N) is 2. The number of carbonyl (C=O) groups is 1. The number of aromatic nitrogens is 2. The van der Waals surface area contributed by atoms with Crippen molar-refractivity contribution in [2.24, 2.45) is 0 Å². The van der Waals surface area contributed by atoms with Gasteiger partial charge in [0.25, 0.3) is 10.0 Å². The SMILES string of the molecule is CCOc1ccc(-c2cccc(NS(=O)(=O)c3ccc(NC(C)=O)cc3)c2)nn1. The molecular weight excluding hydrogens is 392 g/mol. The van der Waals surface area contributed by atoms with E-state index in [2.05, 4.69) is 20.2 Å². The van der Waals surface area contributed by atoms with Crippen molar-refractivity contribution in [2.45, 2.75) is 18.7 Å². The highest BCUT2D eigenvalue weighted by atomic mass is 32.2. The Morgan fingerprint density at radius 3 is 2.38 bits per heavy atom. The smallest absolute Gasteiger partial charge is 0.261 e. The number of sulfonamides is 1. The van der Waals surface area contributed by atoms with Gasteiger partial charge in [0.15, 0.2) is 0 Å². The van der Waals surface area contributed by atoms with Crippen LogP contribution in [0.5, 0.6) is 5.88 Å². The number of hydrogen-bond acceptors (Lipinski definition) is 6. The van der Waals surface area contributed by atoms with Crippen LogP contribution in [-0.2, 0) is 14.8 Å². The molecule has 1 amide bonds. The minimum Gasteiger partial charge on any atom is -0.477 e. The van der Waals surface area contributed by atoms with E-state index in [1.807, 2.05) is 13.0 Å². The van der Waals surface area contributed by atoms with Gasteiger partial charge in [0.2, 0.25) is 11.8 Å². The van der Waals surface area contributed by atoms with Gasteiger partial charge >= 0.3 is 0 Å². The molecule has 3 rings (SSSR count). The fraction of sp³-hybridized carbons (Fsp3) is 0.150. The van der Waals surface area contributed by atoms with E-state index < -0.39 is 10.0 Å². The minimum atomic E-state index is -3.79. The van der Waals surface area contributed by atoms with Gasteiger partial charge in [-0.25, -0.2) is 8.42 Å². The number of carbonyl (C=O) groups excluding carboxylic acids is 1. The second-order valence-electron chi connectivity index (χ2n) is 6.08. The van der Waals surface area contributed by atoms with E-state index in [1.165, 1.54) is 31.2 Å². The first-order valence-corrected chi connectivity index (χ1v) is 10.3. The number of benzene rings is 2. The summed E-state index contributed by atoms with van der Waals surface area (Å²) in [4.78, 5) is 11.2. The Kier molecular flexibility index (Phi) is 6.08. The predicted molar refractivity (Wildman–Crippen MR) is 110 cm³/mol. The van der Waals surface area contributed by atoms with E-state index in [1.54, 1.807) is 30.3 Å². The molecule has 0 radical (unpaired) electrons. The van der Waals surface area contributed by atoms with Gasteiger partial charge < -0.3 is 10.1 Å². The van der Waals surface area contributed by atoms with Crippen LogP contribution < -0.4 is 14.8 Å². The Morgan fingerprint density at radius 2 is 1.76 bits per heavy atom. The van der Waals surface area contributed by atoms with Crippen LogP contribution in [0.1, 0.15) is 13.8 Å². The Balaban J connectivity index is 1.79. The third kappa shape index (κ3) is 5.29. The monoisotopic (exact) mass is 412 g/mol. The number of ether oxygens (including phenoxy) is 1. The van der Waals surface area contributed by atoms with Gasteiger partial charge in [-0.3, -0.25) is 9.52 Å². The molecule has 0 saturated carbocycles. The summed E-state index contributed by atoms with van der Waals surface area (Å²) in [5.74, 6) is 0.198. The van der Waals surface area contributed by atoms with Crippen molar-refractivity contribution in [1.29, 1.82) is 0 Å². The molecule has 0 aliphatic carbocycles. The highest BCUT2D eigenvalue weighted by molar-refractivity contribution is 7.92. The Bertz CT molecular complexity index is 1100. The molecule has 0 aliphatic heterocycles. The molecule has 2 N–H and O–H groups in total. The number of hydrogen-bond donors (Lipinski definition) is 2. The van der Waals surface area contributed by atoms with Gasteiger partial charge in [-0.1, -0.05) is 12.1 Å². The fourth-order valence-electron chi connectivity index (χ4n) is 2.58. The molecule has 9 heteroatoms. The van der Waals surface area contributed by atoms with Gasteiger partial charge in [-0.15, -0.1) is 10.2 Å². The first kappa shape index (κ1) is 20.3. The van der Waals surface area contributed by atoms with Gasteiger partial charge in [0, 0.05) is 29.9 Å². The highest BCUT2D eigenvalue weighted by Gasteiger charge is 2.15. The topological polar surface area (TPSA) is 110 Å². The summed E-state index contributed by atoms with van der Waals surface area (Å²) in [6, 6.07) is 16.2. The third-order valence-corrected chi connectivity index (χ3v) is 5.23. The molecule has 1 heterocycles. The van der Waals surface area contributed by atoms with Crippen LogP contribution in [0.2, 0.25) is 0 Å². The Morgan fingerprint density at radius 1 is 1.00 bits per heavy atom. The molecule has 1 aromatic heterocycles. The van der Waals surface area contributed by atoms with Crippen molar-refractivity contribution in [3.8, 4) is 17.1 Å². The van der Waals surface area contributed by atoms with E-state index in [4.69, 9.17) is 4.74 Å². The summed E-state index contributed by atoms with van der Waals surface area (Å²) in [6.07, 6.45) is 0. The lowest BCUT2D eigenvalue weighted by molar-refractivity contribution is -0.114. The maximum Gasteiger partial charge on any atom is 0.261 e. The molecule has 150 valence electrons. The molecule has 0 aliphatic rings. The van der Waals surface area contributed by atoms with Crippen molar-refractivity contribution >= 4 is 27.3 Å². The van der Waals surface area contributed by atoms with Crippen molar-refractivity contribution in [3.63, 3.8) is 0 Å². The second kappa shape index (κ2) is 8.70. The standard InChI is InChI=1S/C20H20N4O4S/c1-3-28-20-12-11-19(22-23-20)15-5-4-6-17(13-15)24-29(26,27)18-9-7-16(8-10-18)21-14(2)25/h4-13,24H,3H2,1-2H3,(H,21,25). The van der Waals surface area contributed by atoms with E-state index >= 15 is 0 Å². The first-order chi connectivity index (χ1) is 13.9. The van der Waals surface area contributed by atoms with Gasteiger partial charge in [0.1, 0.15) is 0 Å². The Hall–Kier alpha value is -3.46. The molecule has 0 fully saturated rings. The maximum absolute atomic E-state index is 12.7. The molecule has 3 aromatic rings. The van der Waals surface area contributed by atoms with Crippen LogP contribution in [0.4, 0.5) is 11.4 Å². The van der Waals surface area contributed by atoms with E-state index in [0.29, 0.717) is 35.1 Å². The van der Waals surface area contributed by atoms with Crippen LogP contribution >= 0.6 is 0 Å². The van der Waals surface area contributed by atoms with Gasteiger partial charge in [-0.05, 0) is 49.4 Å². The molecule has 8 nitrogen and oxygen atoms in total. The molecule has 29 heavy (non-hydrogen) atoms. The molecule has 0 atom stereocenters. The van der Waals surface area contributed by atoms with Crippen molar-refractivity contribution < 1.29 is 17.9 Å². The highest BCUT2D eigenvalue weighted by Crippen LogP contribution is 2.24. The zero-order chi connectivity index (χ0) is 20.9. The zero-order valence-electron chi connectivity index (χ0n) is 15.9. The summed E-state index contributed by atoms with van der Waals surface area (Å²) >= 11 is 0. The molecule has 2 aromatic carbocycles. The first-order valence-electron chi connectivity index (χ1n) is 8.85. The average Bonchev–Trinajstić information content (AvgIpc) is 2.69. The lowest BCUT2D eigenvalue weighted by Gasteiger charge is -2.10. The number of rotatable bonds is 7. The van der Waals surface area contributed by atoms with Crippen LogP contribution in [0.15, 0.2) is 65.6 Å². The van der Waals surface area contributed by atoms with E-state index in [9.17, 15) is 13.2 Å². The summed E-state index contributed by atoms with van der Waals surface area (Å²) in [5, 5.41) is 10.7. The predicted octanol–water partition coefficient (Wildman–Crippen LogP) is 3.30. The normalized spacial score (nSPS) is 11.0. The third-order valence-electron chi connectivity index (χ3n) is 3.83. The van der Waals surface area contributed by atoms with Gasteiger partial charge in [0.05, 0.1) is 17.2 Å². The quantitative estimate of drug-likeness (QED) is 0.616. The van der Waals surface area contributed by atoms with Crippen LogP contribution in [0, 0.1) is 0 Å². The van der Waals surface area contributed by atoms with E-state index in [-0.39, 0.29) is 10.8 Å². The summed E-state index contributed by atoms with van der Waals surface area (Å²) < 4.78 is 33.1. The molecule has 0 bridgehead atoms. The van der Waals surface area contributed by atoms with Crippen molar-refractivity contribution in [1.82, 2.24) is 10.2 Å². The maximum atomic E-state index is 12.7.